The molecule has 6 aromatic carbocycles. The second kappa shape index (κ2) is 10.4. The Morgan fingerprint density at radius 2 is 0.854 bits per heavy atom. The van der Waals surface area contributed by atoms with Gasteiger partial charge < -0.3 is 4.57 Å². The predicted octanol–water partition coefficient (Wildman–Crippen LogP) is 9.92. The number of hydrogen-bond acceptors (Lipinski definition) is 4. The highest BCUT2D eigenvalue weighted by Gasteiger charge is 2.21. The summed E-state index contributed by atoms with van der Waals surface area (Å²) in [7, 11) is 0. The zero-order chi connectivity index (χ0) is 31.6. The first-order chi connectivity index (χ1) is 23.8. The quantitative estimate of drug-likeness (QED) is 0.198. The topological polar surface area (TPSA) is 60.9 Å². The summed E-state index contributed by atoms with van der Waals surface area (Å²) in [5.41, 5.74) is 10.4. The smallest absolute Gasteiger partial charge is 0.164 e. The van der Waals surface area contributed by atoms with Crippen LogP contribution in [0, 0.1) is 0 Å². The van der Waals surface area contributed by atoms with E-state index in [9.17, 15) is 0 Å². The average Bonchev–Trinajstić information content (AvgIpc) is 3.72. The molecule has 224 valence electrons. The Hall–Kier alpha value is -6.66. The number of para-hydroxylation sites is 3. The second-order valence-electron chi connectivity index (χ2n) is 11.9. The first-order valence-electron chi connectivity index (χ1n) is 16.0. The maximum atomic E-state index is 5.12. The fraction of sp³-hybridized carbons (Fsp3) is 0. The summed E-state index contributed by atoms with van der Waals surface area (Å²) in [5, 5.41) is 3.45. The molecule has 0 unspecified atom stereocenters. The van der Waals surface area contributed by atoms with Crippen molar-refractivity contribution in [2.75, 3.05) is 0 Å². The van der Waals surface area contributed by atoms with Crippen LogP contribution in [0.25, 0.3) is 89.2 Å². The van der Waals surface area contributed by atoms with Gasteiger partial charge in [-0.05, 0) is 42.5 Å². The average molecular weight is 615 g/mol. The van der Waals surface area contributed by atoms with Crippen molar-refractivity contribution < 1.29 is 0 Å². The van der Waals surface area contributed by atoms with E-state index in [1.807, 2.05) is 60.7 Å². The summed E-state index contributed by atoms with van der Waals surface area (Å²) in [6.45, 7) is 0. The highest BCUT2D eigenvalue weighted by molar-refractivity contribution is 6.21. The fourth-order valence-corrected chi connectivity index (χ4v) is 6.98. The van der Waals surface area contributed by atoms with E-state index in [4.69, 9.17) is 19.9 Å². The molecule has 0 amide bonds. The van der Waals surface area contributed by atoms with Crippen LogP contribution in [0.3, 0.4) is 0 Å². The van der Waals surface area contributed by atoms with E-state index in [1.165, 1.54) is 5.39 Å². The van der Waals surface area contributed by atoms with Gasteiger partial charge in [0, 0.05) is 38.5 Å². The zero-order valence-corrected chi connectivity index (χ0v) is 25.7. The van der Waals surface area contributed by atoms with Gasteiger partial charge in [0.1, 0.15) is 5.65 Å². The Bertz CT molecular complexity index is 2760. The number of nitrogens with zero attached hydrogens (tertiary/aromatic N) is 6. The Labute approximate surface area is 275 Å². The van der Waals surface area contributed by atoms with Crippen LogP contribution in [0.4, 0.5) is 0 Å². The highest BCUT2D eigenvalue weighted by atomic mass is 15.1. The summed E-state index contributed by atoms with van der Waals surface area (Å²) in [5.74, 6) is 1.93. The van der Waals surface area contributed by atoms with Crippen molar-refractivity contribution >= 4 is 49.4 Å². The largest absolute Gasteiger partial charge is 0.307 e. The summed E-state index contributed by atoms with van der Waals surface area (Å²) < 4.78 is 4.71. The molecule has 0 fully saturated rings. The van der Waals surface area contributed by atoms with Crippen LogP contribution < -0.4 is 0 Å². The Kier molecular flexibility index (Phi) is 5.77. The van der Waals surface area contributed by atoms with Gasteiger partial charge in [-0.15, -0.1) is 0 Å². The van der Waals surface area contributed by atoms with E-state index in [-0.39, 0.29) is 0 Å². The van der Waals surface area contributed by atoms with E-state index < -0.39 is 0 Å². The van der Waals surface area contributed by atoms with Gasteiger partial charge in [0.05, 0.1) is 27.6 Å². The van der Waals surface area contributed by atoms with Gasteiger partial charge in [-0.25, -0.2) is 19.9 Å². The molecule has 4 aromatic heterocycles. The van der Waals surface area contributed by atoms with Gasteiger partial charge in [0.2, 0.25) is 0 Å². The summed E-state index contributed by atoms with van der Waals surface area (Å²) >= 11 is 0. The SMILES string of the molecule is c1ccc(-c2nc(-c3ccccc3)nc(-c3ccc(-n4c5ccccc5c5c4c4ccccc4c4nc6ccccc6n45)cc3)n2)cc1. The molecule has 0 radical (unpaired) electrons. The van der Waals surface area contributed by atoms with Crippen LogP contribution in [0.2, 0.25) is 0 Å². The maximum absolute atomic E-state index is 5.12. The minimum absolute atomic E-state index is 0.633. The lowest BCUT2D eigenvalue weighted by Crippen LogP contribution is -2.00. The molecule has 0 saturated heterocycles. The molecule has 0 bridgehead atoms. The molecule has 0 aliphatic rings. The molecular formula is C42H26N6. The third-order valence-electron chi connectivity index (χ3n) is 9.14. The summed E-state index contributed by atoms with van der Waals surface area (Å²) in [6.07, 6.45) is 0. The van der Waals surface area contributed by atoms with Crippen LogP contribution in [0.1, 0.15) is 0 Å². The third-order valence-corrected chi connectivity index (χ3v) is 9.14. The normalized spacial score (nSPS) is 11.8. The molecule has 0 aliphatic carbocycles. The number of pyridine rings is 1. The molecule has 6 nitrogen and oxygen atoms in total. The van der Waals surface area contributed by atoms with E-state index >= 15 is 0 Å². The molecule has 0 N–H and O–H groups in total. The van der Waals surface area contributed by atoms with Crippen molar-refractivity contribution in [1.29, 1.82) is 0 Å². The number of rotatable bonds is 4. The maximum Gasteiger partial charge on any atom is 0.164 e. The van der Waals surface area contributed by atoms with Gasteiger partial charge >= 0.3 is 0 Å². The molecule has 0 spiro atoms. The van der Waals surface area contributed by atoms with Crippen molar-refractivity contribution in [3.05, 3.63) is 158 Å². The first kappa shape index (κ1) is 26.5. The highest BCUT2D eigenvalue weighted by Crippen LogP contribution is 2.40. The number of fused-ring (bicyclic) bond motifs is 10. The minimum Gasteiger partial charge on any atom is -0.307 e. The van der Waals surface area contributed by atoms with Crippen LogP contribution in [0.15, 0.2) is 158 Å². The number of aromatic nitrogens is 6. The van der Waals surface area contributed by atoms with Crippen molar-refractivity contribution in [3.63, 3.8) is 0 Å². The lowest BCUT2D eigenvalue weighted by atomic mass is 10.1. The van der Waals surface area contributed by atoms with Crippen molar-refractivity contribution in [2.24, 2.45) is 0 Å². The lowest BCUT2D eigenvalue weighted by molar-refractivity contribution is 1.07. The monoisotopic (exact) mass is 614 g/mol. The Morgan fingerprint density at radius 3 is 1.50 bits per heavy atom. The van der Waals surface area contributed by atoms with Crippen LogP contribution >= 0.6 is 0 Å². The van der Waals surface area contributed by atoms with Gasteiger partial charge in [0.25, 0.3) is 0 Å². The summed E-state index contributed by atoms with van der Waals surface area (Å²) in [4.78, 5) is 19.9. The lowest BCUT2D eigenvalue weighted by Gasteiger charge is -2.12. The van der Waals surface area contributed by atoms with Crippen LogP contribution in [0.5, 0.6) is 0 Å². The van der Waals surface area contributed by atoms with E-state index in [0.717, 1.165) is 66.4 Å². The molecule has 10 rings (SSSR count). The molecule has 10 aromatic rings. The van der Waals surface area contributed by atoms with Crippen LogP contribution in [-0.4, -0.2) is 28.9 Å². The molecule has 4 heterocycles. The van der Waals surface area contributed by atoms with E-state index in [1.54, 1.807) is 0 Å². The molecule has 48 heavy (non-hydrogen) atoms. The molecule has 0 saturated carbocycles. The first-order valence-corrected chi connectivity index (χ1v) is 16.0. The number of hydrogen-bond donors (Lipinski definition) is 0. The van der Waals surface area contributed by atoms with E-state index in [0.29, 0.717) is 17.5 Å². The van der Waals surface area contributed by atoms with Crippen molar-refractivity contribution in [3.8, 4) is 39.9 Å². The number of imidazole rings is 1. The van der Waals surface area contributed by atoms with Gasteiger partial charge in [-0.2, -0.15) is 0 Å². The van der Waals surface area contributed by atoms with Gasteiger partial charge in [-0.1, -0.05) is 115 Å². The standard InChI is InChI=1S/C42H26N6/c1-3-13-27(14-4-1)39-44-40(28-15-5-2-6-16-28)46-41(45-39)29-23-25-30(26-24-29)47-35-21-11-9-19-33(35)38-37(47)31-17-7-8-18-32(31)42-43-34-20-10-12-22-36(34)48(38)42/h1-26H. The van der Waals surface area contributed by atoms with Crippen molar-refractivity contribution in [2.45, 2.75) is 0 Å². The molecule has 0 atom stereocenters. The van der Waals surface area contributed by atoms with E-state index in [2.05, 4.69) is 106 Å². The number of benzene rings is 6. The Morgan fingerprint density at radius 1 is 0.354 bits per heavy atom. The second-order valence-corrected chi connectivity index (χ2v) is 11.9. The van der Waals surface area contributed by atoms with Crippen LogP contribution in [-0.2, 0) is 0 Å². The molecule has 6 heteroatoms. The Balaban J connectivity index is 1.21. The zero-order valence-electron chi connectivity index (χ0n) is 25.7. The van der Waals surface area contributed by atoms with Crippen molar-refractivity contribution in [1.82, 2.24) is 28.9 Å². The van der Waals surface area contributed by atoms with Gasteiger partial charge in [-0.3, -0.25) is 4.40 Å². The predicted molar refractivity (Wildman–Crippen MR) is 194 cm³/mol. The summed E-state index contributed by atoms with van der Waals surface area (Å²) in [6, 6.07) is 54.3. The third kappa shape index (κ3) is 3.99. The molecule has 0 aliphatic heterocycles. The minimum atomic E-state index is 0.633. The molecular weight excluding hydrogens is 589 g/mol. The fourth-order valence-electron chi connectivity index (χ4n) is 6.98. The van der Waals surface area contributed by atoms with Gasteiger partial charge in [0.15, 0.2) is 17.5 Å².